The van der Waals surface area contributed by atoms with Crippen LogP contribution in [-0.2, 0) is 4.79 Å². The van der Waals surface area contributed by atoms with Crippen molar-refractivity contribution in [3.05, 3.63) is 24.5 Å². The Hall–Kier alpha value is -2.73. The summed E-state index contributed by atoms with van der Waals surface area (Å²) in [5.74, 6) is -9.43. The van der Waals surface area contributed by atoms with Gasteiger partial charge in [-0.3, -0.25) is 0 Å². The fourth-order valence-corrected chi connectivity index (χ4v) is 1.92. The Morgan fingerprint density at radius 1 is 1.15 bits per heavy atom. The predicted molar refractivity (Wildman–Crippen MR) is 72.6 cm³/mol. The molecule has 2 aromatic heterocycles. The van der Waals surface area contributed by atoms with Crippen molar-refractivity contribution < 1.29 is 35.9 Å². The van der Waals surface area contributed by atoms with Crippen molar-refractivity contribution in [1.82, 2.24) is 24.7 Å². The van der Waals surface area contributed by atoms with Crippen LogP contribution in [0.5, 0.6) is 5.88 Å². The number of carbonyl (C=O) groups excluding carboxylic acids is 1. The Bertz CT molecular complexity index is 778. The molecule has 13 heteroatoms. The molecule has 2 rings (SSSR count). The number of alkyl halides is 6. The van der Waals surface area contributed by atoms with Crippen molar-refractivity contribution in [1.29, 1.82) is 0 Å². The molecule has 0 aliphatic rings. The SMILES string of the molecule is CC(C)c1c(OC(=O)C(F)(F)C(F)C(F)(F)F)ncnc1-n1cncn1. The van der Waals surface area contributed by atoms with E-state index in [0.29, 0.717) is 0 Å². The van der Waals surface area contributed by atoms with E-state index in [1.807, 2.05) is 0 Å². The second-order valence-electron chi connectivity index (χ2n) is 5.33. The molecule has 2 heterocycles. The van der Waals surface area contributed by atoms with Crippen LogP contribution >= 0.6 is 0 Å². The summed E-state index contributed by atoms with van der Waals surface area (Å²) in [7, 11) is 0. The number of hydrogen-bond donors (Lipinski definition) is 0. The van der Waals surface area contributed by atoms with Gasteiger partial charge in [-0.2, -0.15) is 27.1 Å². The lowest BCUT2D eigenvalue weighted by molar-refractivity contribution is -0.246. The molecule has 7 nitrogen and oxygen atoms in total. The summed E-state index contributed by atoms with van der Waals surface area (Å²) in [5, 5.41) is 3.78. The van der Waals surface area contributed by atoms with Gasteiger partial charge in [-0.15, -0.1) is 0 Å². The molecule has 0 aliphatic carbocycles. The molecule has 0 aliphatic heterocycles. The van der Waals surface area contributed by atoms with E-state index < -0.39 is 36.0 Å². The third-order valence-corrected chi connectivity index (χ3v) is 3.11. The lowest BCUT2D eigenvalue weighted by Gasteiger charge is -2.21. The highest BCUT2D eigenvalue weighted by Gasteiger charge is 2.62. The average Bonchev–Trinajstić information content (AvgIpc) is 3.06. The number of ether oxygens (including phenoxy) is 1. The van der Waals surface area contributed by atoms with Crippen LogP contribution in [0.4, 0.5) is 26.3 Å². The van der Waals surface area contributed by atoms with Crippen LogP contribution in [0.25, 0.3) is 5.82 Å². The van der Waals surface area contributed by atoms with E-state index >= 15 is 0 Å². The molecule has 0 spiro atoms. The van der Waals surface area contributed by atoms with Crippen molar-refractivity contribution in [3.8, 4) is 11.7 Å². The molecule has 0 amide bonds. The molecule has 142 valence electrons. The topological polar surface area (TPSA) is 82.8 Å². The fourth-order valence-electron chi connectivity index (χ4n) is 1.92. The smallest absolute Gasteiger partial charge is 0.402 e. The van der Waals surface area contributed by atoms with Crippen molar-refractivity contribution >= 4 is 5.97 Å². The van der Waals surface area contributed by atoms with Gasteiger partial charge in [0.2, 0.25) is 5.88 Å². The molecule has 26 heavy (non-hydrogen) atoms. The number of rotatable bonds is 5. The first kappa shape index (κ1) is 19.6. The molecule has 0 N–H and O–H groups in total. The summed E-state index contributed by atoms with van der Waals surface area (Å²) in [5.41, 5.74) is -0.00966. The van der Waals surface area contributed by atoms with Gasteiger partial charge in [-0.1, -0.05) is 13.8 Å². The monoisotopic (exact) mass is 383 g/mol. The second kappa shape index (κ2) is 6.88. The highest BCUT2D eigenvalue weighted by atomic mass is 19.4. The Labute approximate surface area is 142 Å². The maximum atomic E-state index is 13.5. The summed E-state index contributed by atoms with van der Waals surface area (Å²) >= 11 is 0. The first-order valence-electron chi connectivity index (χ1n) is 6.97. The van der Waals surface area contributed by atoms with Crippen LogP contribution in [0.1, 0.15) is 25.3 Å². The molecule has 0 saturated heterocycles. The fraction of sp³-hybridized carbons (Fsp3) is 0.462. The number of hydrogen-bond acceptors (Lipinski definition) is 6. The Morgan fingerprint density at radius 2 is 1.81 bits per heavy atom. The molecular weight excluding hydrogens is 372 g/mol. The van der Waals surface area contributed by atoms with E-state index in [9.17, 15) is 31.1 Å². The Kier molecular flexibility index (Phi) is 5.18. The highest BCUT2D eigenvalue weighted by molar-refractivity contribution is 5.81. The van der Waals surface area contributed by atoms with Gasteiger partial charge >= 0.3 is 18.1 Å². The third kappa shape index (κ3) is 3.75. The predicted octanol–water partition coefficient (Wildman–Crippen LogP) is 2.62. The Morgan fingerprint density at radius 3 is 2.31 bits per heavy atom. The number of aromatic nitrogens is 5. The zero-order chi connectivity index (χ0) is 19.7. The molecule has 0 bridgehead atoms. The average molecular weight is 383 g/mol. The molecule has 1 unspecified atom stereocenters. The van der Waals surface area contributed by atoms with Crippen LogP contribution in [0.3, 0.4) is 0 Å². The van der Waals surface area contributed by atoms with E-state index in [1.54, 1.807) is 13.8 Å². The van der Waals surface area contributed by atoms with Crippen LogP contribution in [0.15, 0.2) is 19.0 Å². The molecule has 2 aromatic rings. The van der Waals surface area contributed by atoms with Gasteiger partial charge in [-0.05, 0) is 5.92 Å². The van der Waals surface area contributed by atoms with Gasteiger partial charge in [0.1, 0.15) is 19.0 Å². The second-order valence-corrected chi connectivity index (χ2v) is 5.33. The maximum Gasteiger partial charge on any atom is 0.426 e. The number of esters is 1. The van der Waals surface area contributed by atoms with E-state index in [-0.39, 0.29) is 11.4 Å². The van der Waals surface area contributed by atoms with Gasteiger partial charge in [0.05, 0.1) is 5.56 Å². The van der Waals surface area contributed by atoms with Crippen LogP contribution in [0.2, 0.25) is 0 Å². The number of carbonyl (C=O) groups is 1. The standard InChI is InChI=1S/C13H11F6N5O2/c1-6(2)7-8(24-5-20-3-23-24)21-4-22-9(7)26-11(25)12(15,16)10(14)13(17,18)19/h3-6,10H,1-2H3. The lowest BCUT2D eigenvalue weighted by atomic mass is 10.1. The summed E-state index contributed by atoms with van der Waals surface area (Å²) in [4.78, 5) is 22.5. The first-order valence-corrected chi connectivity index (χ1v) is 6.97. The van der Waals surface area contributed by atoms with Gasteiger partial charge in [-0.25, -0.2) is 28.8 Å². The number of nitrogens with zero attached hydrogens (tertiary/aromatic N) is 5. The summed E-state index contributed by atoms with van der Waals surface area (Å²) in [6.45, 7) is 3.12. The molecular formula is C13H11F6N5O2. The lowest BCUT2D eigenvalue weighted by Crippen LogP contribution is -2.49. The van der Waals surface area contributed by atoms with Gasteiger partial charge < -0.3 is 4.74 Å². The van der Waals surface area contributed by atoms with Gasteiger partial charge in [0, 0.05) is 0 Å². The van der Waals surface area contributed by atoms with E-state index in [2.05, 4.69) is 24.8 Å². The highest BCUT2D eigenvalue weighted by Crippen LogP contribution is 2.37. The van der Waals surface area contributed by atoms with Crippen LogP contribution in [-0.4, -0.2) is 49.0 Å². The summed E-state index contributed by atoms with van der Waals surface area (Å²) in [6, 6.07) is 0. The van der Waals surface area contributed by atoms with Crippen molar-refractivity contribution in [2.24, 2.45) is 0 Å². The first-order chi connectivity index (χ1) is 12.0. The van der Waals surface area contributed by atoms with Gasteiger partial charge in [0.25, 0.3) is 6.17 Å². The zero-order valence-corrected chi connectivity index (χ0v) is 13.2. The number of halogens is 6. The van der Waals surface area contributed by atoms with Crippen LogP contribution in [0, 0.1) is 0 Å². The Balaban J connectivity index is 2.41. The molecule has 0 radical (unpaired) electrons. The minimum Gasteiger partial charge on any atom is -0.402 e. The van der Waals surface area contributed by atoms with E-state index in [4.69, 9.17) is 0 Å². The van der Waals surface area contributed by atoms with E-state index in [0.717, 1.165) is 17.3 Å². The molecule has 1 atom stereocenters. The minimum atomic E-state index is -5.94. The van der Waals surface area contributed by atoms with Crippen molar-refractivity contribution in [2.45, 2.75) is 38.0 Å². The van der Waals surface area contributed by atoms with E-state index in [1.165, 1.54) is 6.33 Å². The largest absolute Gasteiger partial charge is 0.426 e. The van der Waals surface area contributed by atoms with Crippen molar-refractivity contribution in [3.63, 3.8) is 0 Å². The van der Waals surface area contributed by atoms with Crippen LogP contribution < -0.4 is 4.74 Å². The van der Waals surface area contributed by atoms with Crippen molar-refractivity contribution in [2.75, 3.05) is 0 Å². The zero-order valence-electron chi connectivity index (χ0n) is 13.2. The molecule has 0 aromatic carbocycles. The summed E-state index contributed by atoms with van der Waals surface area (Å²) in [6.07, 6.45) is -7.50. The minimum absolute atomic E-state index is 0.00577. The normalized spacial score (nSPS) is 13.7. The third-order valence-electron chi connectivity index (χ3n) is 3.11. The molecule has 0 saturated carbocycles. The summed E-state index contributed by atoms with van der Waals surface area (Å²) < 4.78 is 81.9. The maximum absolute atomic E-state index is 13.5. The van der Waals surface area contributed by atoms with Gasteiger partial charge in [0.15, 0.2) is 5.82 Å². The molecule has 0 fully saturated rings. The quantitative estimate of drug-likeness (QED) is 0.583.